The van der Waals surface area contributed by atoms with Crippen molar-refractivity contribution in [1.82, 2.24) is 20.2 Å². The summed E-state index contributed by atoms with van der Waals surface area (Å²) in [4.78, 5) is 0.386. The van der Waals surface area contributed by atoms with Gasteiger partial charge >= 0.3 is 0 Å². The molecule has 2 unspecified atom stereocenters. The van der Waals surface area contributed by atoms with E-state index in [1.165, 1.54) is 0 Å². The summed E-state index contributed by atoms with van der Waals surface area (Å²) in [5, 5.41) is 11.5. The van der Waals surface area contributed by atoms with Crippen LogP contribution in [0.15, 0.2) is 0 Å². The lowest BCUT2D eigenvalue weighted by atomic mass is 9.92. The van der Waals surface area contributed by atoms with Crippen molar-refractivity contribution in [2.24, 2.45) is 13.0 Å². The number of rotatable bonds is 3. The van der Waals surface area contributed by atoms with E-state index in [1.54, 1.807) is 4.68 Å². The van der Waals surface area contributed by atoms with Crippen molar-refractivity contribution >= 4 is 15.9 Å². The Kier molecular flexibility index (Phi) is 3.41. The second kappa shape index (κ2) is 4.17. The van der Waals surface area contributed by atoms with Gasteiger partial charge in [-0.2, -0.15) is 0 Å². The molecule has 1 aromatic heterocycles. The van der Waals surface area contributed by atoms with Crippen molar-refractivity contribution in [2.45, 2.75) is 31.5 Å². The molecule has 0 amide bonds. The summed E-state index contributed by atoms with van der Waals surface area (Å²) in [6.07, 6.45) is 0. The zero-order valence-corrected chi connectivity index (χ0v) is 9.98. The molecule has 0 bridgehead atoms. The van der Waals surface area contributed by atoms with Gasteiger partial charge in [-0.3, -0.25) is 0 Å². The average molecular weight is 247 g/mol. The quantitative estimate of drug-likeness (QED) is 0.764. The Labute approximate surface area is 86.8 Å². The van der Waals surface area contributed by atoms with E-state index in [-0.39, 0.29) is 0 Å². The smallest absolute Gasteiger partial charge is 0.155 e. The Bertz CT molecular complexity index is 261. The molecule has 0 aliphatic heterocycles. The summed E-state index contributed by atoms with van der Waals surface area (Å²) in [6, 6.07) is 0. The van der Waals surface area contributed by atoms with Gasteiger partial charge in [0.05, 0.1) is 0 Å². The zero-order chi connectivity index (χ0) is 10.0. The molecule has 0 saturated carbocycles. The molecule has 0 N–H and O–H groups in total. The minimum Gasteiger partial charge on any atom is -0.232 e. The van der Waals surface area contributed by atoms with Gasteiger partial charge in [0, 0.05) is 17.8 Å². The largest absolute Gasteiger partial charge is 0.232 e. The highest BCUT2D eigenvalue weighted by atomic mass is 79.9. The number of alkyl halides is 1. The Balaban J connectivity index is 2.95. The van der Waals surface area contributed by atoms with Gasteiger partial charge < -0.3 is 0 Å². The van der Waals surface area contributed by atoms with Crippen molar-refractivity contribution in [2.75, 3.05) is 0 Å². The van der Waals surface area contributed by atoms with Crippen LogP contribution in [0.1, 0.15) is 32.5 Å². The van der Waals surface area contributed by atoms with Gasteiger partial charge in [0.2, 0.25) is 0 Å². The molecule has 0 spiro atoms. The normalized spacial score (nSPS) is 16.2. The van der Waals surface area contributed by atoms with Crippen molar-refractivity contribution in [3.05, 3.63) is 5.82 Å². The fourth-order valence-corrected chi connectivity index (χ4v) is 2.40. The van der Waals surface area contributed by atoms with Crippen LogP contribution in [-0.4, -0.2) is 25.0 Å². The number of hydrogen-bond donors (Lipinski definition) is 0. The van der Waals surface area contributed by atoms with Gasteiger partial charge in [-0.1, -0.05) is 36.7 Å². The first kappa shape index (κ1) is 10.6. The van der Waals surface area contributed by atoms with Crippen molar-refractivity contribution in [3.63, 3.8) is 0 Å². The molecule has 1 rings (SSSR count). The molecule has 2 atom stereocenters. The second-order valence-corrected chi connectivity index (χ2v) is 5.05. The molecule has 0 saturated heterocycles. The number of nitrogens with zero attached hydrogens (tertiary/aromatic N) is 4. The van der Waals surface area contributed by atoms with Crippen LogP contribution in [0.2, 0.25) is 0 Å². The van der Waals surface area contributed by atoms with Crippen molar-refractivity contribution < 1.29 is 0 Å². The molecular weight excluding hydrogens is 232 g/mol. The van der Waals surface area contributed by atoms with Crippen LogP contribution >= 0.6 is 15.9 Å². The van der Waals surface area contributed by atoms with Crippen LogP contribution in [0.4, 0.5) is 0 Å². The SMILES string of the molecule is CC(C)C(c1nnnn1C)C(C)Br. The summed E-state index contributed by atoms with van der Waals surface area (Å²) in [7, 11) is 1.88. The minimum absolute atomic E-state index is 0.361. The molecule has 1 aromatic rings. The van der Waals surface area contributed by atoms with E-state index in [0.29, 0.717) is 16.7 Å². The molecule has 1 heterocycles. The predicted octanol–water partition coefficient (Wildman–Crippen LogP) is 1.73. The van der Waals surface area contributed by atoms with E-state index >= 15 is 0 Å². The van der Waals surface area contributed by atoms with Crippen LogP contribution < -0.4 is 0 Å². The van der Waals surface area contributed by atoms with E-state index < -0.39 is 0 Å². The maximum atomic E-state index is 4.03. The summed E-state index contributed by atoms with van der Waals surface area (Å²) in [5.41, 5.74) is 0. The number of aromatic nitrogens is 4. The molecule has 5 heteroatoms. The number of halogens is 1. The fourth-order valence-electron chi connectivity index (χ4n) is 1.55. The Morgan fingerprint density at radius 1 is 1.31 bits per heavy atom. The molecule has 74 valence electrons. The topological polar surface area (TPSA) is 43.6 Å². The van der Waals surface area contributed by atoms with Crippen molar-refractivity contribution in [3.8, 4) is 0 Å². The van der Waals surface area contributed by atoms with Crippen LogP contribution in [0, 0.1) is 5.92 Å². The Morgan fingerprint density at radius 2 is 1.92 bits per heavy atom. The second-order valence-electron chi connectivity index (χ2n) is 3.61. The first-order valence-electron chi connectivity index (χ1n) is 4.40. The zero-order valence-electron chi connectivity index (χ0n) is 8.40. The van der Waals surface area contributed by atoms with Gasteiger partial charge in [-0.25, -0.2) is 4.68 Å². The lowest BCUT2D eigenvalue weighted by molar-refractivity contribution is 0.456. The predicted molar refractivity (Wildman–Crippen MR) is 54.8 cm³/mol. The van der Waals surface area contributed by atoms with Crippen LogP contribution in [0.5, 0.6) is 0 Å². The third-order valence-corrected chi connectivity index (χ3v) is 2.73. The summed E-state index contributed by atoms with van der Waals surface area (Å²) >= 11 is 3.59. The summed E-state index contributed by atoms with van der Waals surface area (Å²) in [5.74, 6) is 1.83. The maximum absolute atomic E-state index is 4.03. The van der Waals surface area contributed by atoms with E-state index in [0.717, 1.165) is 5.82 Å². The fraction of sp³-hybridized carbons (Fsp3) is 0.875. The van der Waals surface area contributed by atoms with E-state index in [4.69, 9.17) is 0 Å². The molecule has 13 heavy (non-hydrogen) atoms. The minimum atomic E-state index is 0.361. The van der Waals surface area contributed by atoms with Gasteiger partial charge in [-0.15, -0.1) is 5.10 Å². The Hall–Kier alpha value is -0.450. The first-order valence-corrected chi connectivity index (χ1v) is 5.32. The number of tetrazole rings is 1. The third kappa shape index (κ3) is 2.27. The standard InChI is InChI=1S/C8H15BrN4/c1-5(2)7(6(3)9)8-10-11-12-13(8)4/h5-7H,1-4H3. The van der Waals surface area contributed by atoms with E-state index in [2.05, 4.69) is 52.2 Å². The lowest BCUT2D eigenvalue weighted by Crippen LogP contribution is -2.19. The highest BCUT2D eigenvalue weighted by Gasteiger charge is 2.25. The van der Waals surface area contributed by atoms with E-state index in [9.17, 15) is 0 Å². The summed E-state index contributed by atoms with van der Waals surface area (Å²) < 4.78 is 1.74. The van der Waals surface area contributed by atoms with Gasteiger partial charge in [0.25, 0.3) is 0 Å². The third-order valence-electron chi connectivity index (χ3n) is 2.16. The number of aryl methyl sites for hydroxylation is 1. The molecule has 0 radical (unpaired) electrons. The van der Waals surface area contributed by atoms with Crippen LogP contribution in [0.25, 0.3) is 0 Å². The molecule has 0 aromatic carbocycles. The first-order chi connectivity index (χ1) is 6.04. The van der Waals surface area contributed by atoms with Gasteiger partial charge in [-0.05, 0) is 16.3 Å². The highest BCUT2D eigenvalue weighted by Crippen LogP contribution is 2.29. The van der Waals surface area contributed by atoms with Gasteiger partial charge in [0.15, 0.2) is 5.82 Å². The monoisotopic (exact) mass is 246 g/mol. The molecule has 0 aliphatic rings. The maximum Gasteiger partial charge on any atom is 0.155 e. The van der Waals surface area contributed by atoms with Crippen LogP contribution in [0.3, 0.4) is 0 Å². The molecule has 4 nitrogen and oxygen atoms in total. The molecular formula is C8H15BrN4. The average Bonchev–Trinajstić information content (AvgIpc) is 2.35. The van der Waals surface area contributed by atoms with Crippen molar-refractivity contribution in [1.29, 1.82) is 0 Å². The molecule has 0 aliphatic carbocycles. The highest BCUT2D eigenvalue weighted by molar-refractivity contribution is 9.09. The van der Waals surface area contributed by atoms with E-state index in [1.807, 2.05) is 7.05 Å². The van der Waals surface area contributed by atoms with Gasteiger partial charge in [0.1, 0.15) is 0 Å². The van der Waals surface area contributed by atoms with Crippen LogP contribution in [-0.2, 0) is 7.05 Å². The summed E-state index contributed by atoms with van der Waals surface area (Å²) in [6.45, 7) is 6.48. The lowest BCUT2D eigenvalue weighted by Gasteiger charge is -2.21. The number of hydrogen-bond acceptors (Lipinski definition) is 3. The Morgan fingerprint density at radius 3 is 2.23 bits per heavy atom. The molecule has 0 fully saturated rings.